The molecule has 0 saturated heterocycles. The quantitative estimate of drug-likeness (QED) is 0.766. The molecule has 1 aromatic heterocycles. The largest absolute Gasteiger partial charge is 0.379 e. The van der Waals surface area contributed by atoms with E-state index in [0.29, 0.717) is 6.54 Å². The molecule has 0 spiro atoms. The van der Waals surface area contributed by atoms with Crippen LogP contribution in [-0.2, 0) is 6.54 Å². The normalized spacial score (nSPS) is 10.7. The molecule has 3 rings (SSSR count). The lowest BCUT2D eigenvalue weighted by Gasteiger charge is -2.02. The van der Waals surface area contributed by atoms with Crippen molar-refractivity contribution in [3.63, 3.8) is 0 Å². The van der Waals surface area contributed by atoms with E-state index in [4.69, 9.17) is 0 Å². The van der Waals surface area contributed by atoms with Gasteiger partial charge in [-0.25, -0.2) is 9.37 Å². The number of para-hydroxylation sites is 1. The number of nitrogens with zero attached hydrogens (tertiary/aromatic N) is 1. The minimum absolute atomic E-state index is 0.240. The summed E-state index contributed by atoms with van der Waals surface area (Å²) in [7, 11) is 0. The number of fused-ring (bicyclic) bond motifs is 1. The lowest BCUT2D eigenvalue weighted by Crippen LogP contribution is -1.97. The molecule has 0 amide bonds. The summed E-state index contributed by atoms with van der Waals surface area (Å²) in [6.07, 6.45) is 0. The summed E-state index contributed by atoms with van der Waals surface area (Å²) in [5.41, 5.74) is 1.78. The number of hydrogen-bond acceptors (Lipinski definition) is 3. The minimum atomic E-state index is -0.240. The number of halogens is 1. The molecule has 0 saturated carbocycles. The Kier molecular flexibility index (Phi) is 2.94. The molecule has 0 aliphatic rings. The smallest absolute Gasteiger partial charge is 0.125 e. The molecule has 0 atom stereocenters. The number of aromatic nitrogens is 1. The van der Waals surface area contributed by atoms with E-state index in [0.717, 1.165) is 20.9 Å². The van der Waals surface area contributed by atoms with Crippen LogP contribution >= 0.6 is 11.3 Å². The van der Waals surface area contributed by atoms with E-state index in [1.165, 1.54) is 12.1 Å². The fourth-order valence-electron chi connectivity index (χ4n) is 1.76. The van der Waals surface area contributed by atoms with E-state index < -0.39 is 0 Å². The molecule has 4 heteroatoms. The first-order valence-electron chi connectivity index (χ1n) is 5.65. The second kappa shape index (κ2) is 4.74. The summed E-state index contributed by atoms with van der Waals surface area (Å²) in [6.45, 7) is 0.658. The van der Waals surface area contributed by atoms with Crippen LogP contribution in [0.1, 0.15) is 5.01 Å². The van der Waals surface area contributed by atoms with Gasteiger partial charge in [-0.05, 0) is 24.3 Å². The fourth-order valence-corrected chi connectivity index (χ4v) is 2.64. The third-order valence-corrected chi connectivity index (χ3v) is 3.65. The van der Waals surface area contributed by atoms with Crippen LogP contribution in [0.4, 0.5) is 10.1 Å². The predicted octanol–water partition coefficient (Wildman–Crippen LogP) is 4.05. The van der Waals surface area contributed by atoms with Crippen LogP contribution in [0.2, 0.25) is 0 Å². The van der Waals surface area contributed by atoms with Gasteiger partial charge in [-0.1, -0.05) is 18.2 Å². The zero-order valence-electron chi connectivity index (χ0n) is 9.56. The maximum atomic E-state index is 13.0. The standard InChI is InChI=1S/C14H11FN2S/c15-10-6-7-13-12(8-10)17-14(18-13)9-16-11-4-2-1-3-5-11/h1-8,16H,9H2. The Labute approximate surface area is 108 Å². The molecule has 1 heterocycles. The van der Waals surface area contributed by atoms with Crippen molar-refractivity contribution < 1.29 is 4.39 Å². The molecule has 0 radical (unpaired) electrons. The van der Waals surface area contributed by atoms with Crippen LogP contribution < -0.4 is 5.32 Å². The highest BCUT2D eigenvalue weighted by molar-refractivity contribution is 7.18. The van der Waals surface area contributed by atoms with Gasteiger partial charge in [-0.2, -0.15) is 0 Å². The summed E-state index contributed by atoms with van der Waals surface area (Å²) in [5.74, 6) is -0.240. The second-order valence-corrected chi connectivity index (χ2v) is 5.05. The van der Waals surface area contributed by atoms with Crippen LogP contribution in [-0.4, -0.2) is 4.98 Å². The monoisotopic (exact) mass is 258 g/mol. The molecule has 0 aliphatic heterocycles. The van der Waals surface area contributed by atoms with Gasteiger partial charge in [0.1, 0.15) is 10.8 Å². The van der Waals surface area contributed by atoms with Gasteiger partial charge in [0.05, 0.1) is 16.8 Å². The Morgan fingerprint density at radius 3 is 2.78 bits per heavy atom. The van der Waals surface area contributed by atoms with Crippen molar-refractivity contribution in [3.05, 3.63) is 59.4 Å². The van der Waals surface area contributed by atoms with Crippen molar-refractivity contribution in [2.45, 2.75) is 6.54 Å². The average molecular weight is 258 g/mol. The summed E-state index contributed by atoms with van der Waals surface area (Å²) >= 11 is 1.58. The Hall–Kier alpha value is -1.94. The molecule has 90 valence electrons. The Bertz CT molecular complexity index is 664. The molecule has 0 bridgehead atoms. The van der Waals surface area contributed by atoms with Crippen LogP contribution in [0.3, 0.4) is 0 Å². The van der Waals surface area contributed by atoms with Gasteiger partial charge >= 0.3 is 0 Å². The van der Waals surface area contributed by atoms with Crippen LogP contribution in [0.5, 0.6) is 0 Å². The summed E-state index contributed by atoms with van der Waals surface area (Å²) < 4.78 is 14.1. The molecule has 1 N–H and O–H groups in total. The first kappa shape index (κ1) is 11.2. The first-order valence-corrected chi connectivity index (χ1v) is 6.47. The van der Waals surface area contributed by atoms with Crippen molar-refractivity contribution in [1.29, 1.82) is 0 Å². The maximum Gasteiger partial charge on any atom is 0.125 e. The lowest BCUT2D eigenvalue weighted by atomic mass is 10.3. The van der Waals surface area contributed by atoms with E-state index >= 15 is 0 Å². The van der Waals surface area contributed by atoms with Crippen molar-refractivity contribution in [3.8, 4) is 0 Å². The lowest BCUT2D eigenvalue weighted by molar-refractivity contribution is 0.629. The van der Waals surface area contributed by atoms with Crippen LogP contribution in [0.25, 0.3) is 10.2 Å². The summed E-state index contributed by atoms with van der Waals surface area (Å²) in [4.78, 5) is 4.40. The molecule has 0 fully saturated rings. The third kappa shape index (κ3) is 2.33. The van der Waals surface area contributed by atoms with Gasteiger partial charge < -0.3 is 5.32 Å². The number of nitrogens with one attached hydrogen (secondary N) is 1. The van der Waals surface area contributed by atoms with Crippen molar-refractivity contribution in [1.82, 2.24) is 4.98 Å². The number of hydrogen-bond donors (Lipinski definition) is 1. The van der Waals surface area contributed by atoms with E-state index in [-0.39, 0.29) is 5.82 Å². The fraction of sp³-hybridized carbons (Fsp3) is 0.0714. The number of rotatable bonds is 3. The van der Waals surface area contributed by atoms with Crippen molar-refractivity contribution >= 4 is 27.2 Å². The van der Waals surface area contributed by atoms with Gasteiger partial charge in [-0.15, -0.1) is 11.3 Å². The molecule has 3 aromatic rings. The van der Waals surface area contributed by atoms with Gasteiger partial charge in [0.25, 0.3) is 0 Å². The van der Waals surface area contributed by atoms with Crippen LogP contribution in [0, 0.1) is 5.82 Å². The molecule has 0 unspecified atom stereocenters. The molecule has 0 aliphatic carbocycles. The van der Waals surface area contributed by atoms with E-state index in [1.54, 1.807) is 17.4 Å². The van der Waals surface area contributed by atoms with Gasteiger partial charge in [0.15, 0.2) is 0 Å². The molecule has 2 aromatic carbocycles. The molecule has 18 heavy (non-hydrogen) atoms. The predicted molar refractivity (Wildman–Crippen MR) is 73.3 cm³/mol. The van der Waals surface area contributed by atoms with Gasteiger partial charge in [0, 0.05) is 11.8 Å². The maximum absolute atomic E-state index is 13.0. The van der Waals surface area contributed by atoms with E-state index in [9.17, 15) is 4.39 Å². The zero-order valence-corrected chi connectivity index (χ0v) is 10.4. The highest BCUT2D eigenvalue weighted by Crippen LogP contribution is 2.23. The number of benzene rings is 2. The highest BCUT2D eigenvalue weighted by Gasteiger charge is 2.04. The molecular formula is C14H11FN2S. The summed E-state index contributed by atoms with van der Waals surface area (Å²) in [6, 6.07) is 14.7. The van der Waals surface area contributed by atoms with Gasteiger partial charge in [0.2, 0.25) is 0 Å². The highest BCUT2D eigenvalue weighted by atomic mass is 32.1. The average Bonchev–Trinajstić information content (AvgIpc) is 2.79. The number of thiazole rings is 1. The third-order valence-electron chi connectivity index (χ3n) is 2.61. The topological polar surface area (TPSA) is 24.9 Å². The minimum Gasteiger partial charge on any atom is -0.379 e. The van der Waals surface area contributed by atoms with Crippen LogP contribution in [0.15, 0.2) is 48.5 Å². The van der Waals surface area contributed by atoms with Crippen molar-refractivity contribution in [2.24, 2.45) is 0 Å². The first-order chi connectivity index (χ1) is 8.81. The SMILES string of the molecule is Fc1ccc2sc(CNc3ccccc3)nc2c1. The molecule has 2 nitrogen and oxygen atoms in total. The van der Waals surface area contributed by atoms with E-state index in [2.05, 4.69) is 10.3 Å². The Morgan fingerprint density at radius 1 is 1.11 bits per heavy atom. The summed E-state index contributed by atoms with van der Waals surface area (Å²) in [5, 5.41) is 4.25. The number of anilines is 1. The second-order valence-electron chi connectivity index (χ2n) is 3.94. The van der Waals surface area contributed by atoms with E-state index in [1.807, 2.05) is 30.3 Å². The Morgan fingerprint density at radius 2 is 1.94 bits per heavy atom. The molecular weight excluding hydrogens is 247 g/mol. The van der Waals surface area contributed by atoms with Gasteiger partial charge in [-0.3, -0.25) is 0 Å². The zero-order chi connectivity index (χ0) is 12.4. The Balaban J connectivity index is 1.79. The van der Waals surface area contributed by atoms with Crippen molar-refractivity contribution in [2.75, 3.05) is 5.32 Å².